The van der Waals surface area contributed by atoms with Crippen LogP contribution in [0.25, 0.3) is 0 Å². The molecule has 2 aromatic carbocycles. The maximum atomic E-state index is 11.3. The predicted octanol–water partition coefficient (Wildman–Crippen LogP) is 7.72. The average Bonchev–Trinajstić information content (AvgIpc) is 3.16. The van der Waals surface area contributed by atoms with Crippen molar-refractivity contribution >= 4 is 71.1 Å². The van der Waals surface area contributed by atoms with Crippen LogP contribution in [-0.2, 0) is 19.1 Å². The molecule has 0 spiro atoms. The molecule has 2 atom stereocenters. The van der Waals surface area contributed by atoms with Gasteiger partial charge in [0.2, 0.25) is 0 Å². The van der Waals surface area contributed by atoms with Gasteiger partial charge in [-0.25, -0.2) is 9.59 Å². The van der Waals surface area contributed by atoms with Gasteiger partial charge in [-0.3, -0.25) is 0 Å². The van der Waals surface area contributed by atoms with E-state index in [0.29, 0.717) is 16.2 Å². The van der Waals surface area contributed by atoms with E-state index in [1.54, 1.807) is 20.8 Å². The van der Waals surface area contributed by atoms with Crippen molar-refractivity contribution in [1.29, 1.82) is 0 Å². The molecule has 2 aliphatic heterocycles. The molecule has 0 bridgehead atoms. The summed E-state index contributed by atoms with van der Waals surface area (Å²) in [7, 11) is 0. The number of hydrogen-bond donors (Lipinski definition) is 1. The number of carbonyl (C=O) groups excluding carboxylic acids is 2. The minimum absolute atomic E-state index is 0.200. The first-order valence-corrected chi connectivity index (χ1v) is 12.3. The molecular formula is C24H23Cl3O4S2. The van der Waals surface area contributed by atoms with Gasteiger partial charge in [-0.05, 0) is 87.4 Å². The molecule has 4 nitrogen and oxygen atoms in total. The number of benzene rings is 2. The number of halogens is 3. The van der Waals surface area contributed by atoms with Crippen molar-refractivity contribution in [2.45, 2.75) is 48.5 Å². The molecule has 2 aliphatic rings. The third kappa shape index (κ3) is 8.30. The SMILES string of the molecule is CC1=C(C)C(Cl)OC1=O.CC1=C(C)C(Sc2ccc(Cl)cc2)OC1=O.Sc1ccc(Cl)cc1. The molecule has 4 rings (SSSR count). The largest absolute Gasteiger partial charge is 0.443 e. The second-order valence-corrected chi connectivity index (χ2v) is 10.0. The summed E-state index contributed by atoms with van der Waals surface area (Å²) in [6, 6.07) is 14.8. The van der Waals surface area contributed by atoms with E-state index in [9.17, 15) is 9.59 Å². The number of thiol groups is 1. The lowest BCUT2D eigenvalue weighted by Crippen LogP contribution is -2.05. The number of alkyl halides is 1. The second kappa shape index (κ2) is 12.8. The molecular weight excluding hydrogens is 523 g/mol. The molecule has 0 amide bonds. The maximum Gasteiger partial charge on any atom is 0.335 e. The summed E-state index contributed by atoms with van der Waals surface area (Å²) in [6.07, 6.45) is 0. The Kier molecular flexibility index (Phi) is 10.7. The molecule has 0 aliphatic carbocycles. The molecule has 0 aromatic heterocycles. The summed E-state index contributed by atoms with van der Waals surface area (Å²) in [4.78, 5) is 23.9. The van der Waals surface area contributed by atoms with Gasteiger partial charge in [-0.2, -0.15) is 0 Å². The summed E-state index contributed by atoms with van der Waals surface area (Å²) in [5.41, 5.74) is 2.43. The Morgan fingerprint density at radius 1 is 0.758 bits per heavy atom. The third-order valence-electron chi connectivity index (χ3n) is 4.80. The highest BCUT2D eigenvalue weighted by molar-refractivity contribution is 8.00. The summed E-state index contributed by atoms with van der Waals surface area (Å²) < 4.78 is 9.88. The molecule has 2 aromatic rings. The average molecular weight is 546 g/mol. The smallest absolute Gasteiger partial charge is 0.335 e. The lowest BCUT2D eigenvalue weighted by Gasteiger charge is -2.10. The third-order valence-corrected chi connectivity index (χ3v) is 7.22. The molecule has 0 saturated heterocycles. The molecule has 0 N–H and O–H groups in total. The summed E-state index contributed by atoms with van der Waals surface area (Å²) in [5.74, 6) is -0.517. The van der Waals surface area contributed by atoms with Crippen molar-refractivity contribution in [3.05, 3.63) is 80.9 Å². The van der Waals surface area contributed by atoms with Crippen molar-refractivity contribution in [3.8, 4) is 0 Å². The normalized spacial score (nSPS) is 19.4. The van der Waals surface area contributed by atoms with Crippen LogP contribution in [0.15, 0.2) is 80.6 Å². The van der Waals surface area contributed by atoms with Crippen LogP contribution in [0.2, 0.25) is 10.0 Å². The zero-order valence-electron chi connectivity index (χ0n) is 18.4. The molecule has 2 unspecified atom stereocenters. The fourth-order valence-electron chi connectivity index (χ4n) is 2.40. The van der Waals surface area contributed by atoms with E-state index < -0.39 is 5.56 Å². The predicted molar refractivity (Wildman–Crippen MR) is 138 cm³/mol. The van der Waals surface area contributed by atoms with Crippen molar-refractivity contribution in [2.24, 2.45) is 0 Å². The van der Waals surface area contributed by atoms with Crippen molar-refractivity contribution in [3.63, 3.8) is 0 Å². The van der Waals surface area contributed by atoms with E-state index in [0.717, 1.165) is 26.0 Å². The van der Waals surface area contributed by atoms with E-state index in [2.05, 4.69) is 17.4 Å². The van der Waals surface area contributed by atoms with Gasteiger partial charge < -0.3 is 9.47 Å². The first-order chi connectivity index (χ1) is 15.5. The number of thioether (sulfide) groups is 1. The number of esters is 2. The van der Waals surface area contributed by atoms with Gasteiger partial charge >= 0.3 is 11.9 Å². The van der Waals surface area contributed by atoms with Crippen molar-refractivity contribution in [1.82, 2.24) is 0 Å². The fraction of sp³-hybridized carbons (Fsp3) is 0.250. The Balaban J connectivity index is 0.000000192. The van der Waals surface area contributed by atoms with E-state index in [1.165, 1.54) is 11.8 Å². The first-order valence-electron chi connectivity index (χ1n) is 9.77. The summed E-state index contributed by atoms with van der Waals surface area (Å²) in [6.45, 7) is 7.21. The standard InChI is InChI=1S/C12H11ClO2S.C6H7ClO2.C6H5ClS/c1-7-8(2)12(15-11(7)14)16-10-5-3-9(13)4-6-10;1-3-4(2)6(8)9-5(3)7;7-5-1-3-6(8)4-2-5/h3-6,12H,1-2H3;5H,1-2H3;1-4,8H. The van der Waals surface area contributed by atoms with Crippen LogP contribution in [0.1, 0.15) is 27.7 Å². The molecule has 0 radical (unpaired) electrons. The quantitative estimate of drug-likeness (QED) is 0.238. The van der Waals surface area contributed by atoms with Crippen LogP contribution >= 0.6 is 59.2 Å². The van der Waals surface area contributed by atoms with E-state index in [1.807, 2.05) is 55.5 Å². The number of rotatable bonds is 2. The first kappa shape index (κ1) is 27.7. The van der Waals surface area contributed by atoms with Gasteiger partial charge in [-0.15, -0.1) is 12.6 Å². The molecule has 0 fully saturated rings. The van der Waals surface area contributed by atoms with Gasteiger partial charge in [0, 0.05) is 31.0 Å². The van der Waals surface area contributed by atoms with Gasteiger partial charge in [0.15, 0.2) is 11.0 Å². The number of hydrogen-bond acceptors (Lipinski definition) is 6. The zero-order valence-corrected chi connectivity index (χ0v) is 22.4. The molecule has 176 valence electrons. The maximum absolute atomic E-state index is 11.3. The van der Waals surface area contributed by atoms with Gasteiger partial charge in [-0.1, -0.05) is 46.6 Å². The second-order valence-electron chi connectivity index (χ2n) is 7.12. The number of carbonyl (C=O) groups is 2. The molecule has 0 saturated carbocycles. The van der Waals surface area contributed by atoms with E-state index in [-0.39, 0.29) is 17.4 Å². The van der Waals surface area contributed by atoms with E-state index >= 15 is 0 Å². The highest BCUT2D eigenvalue weighted by Gasteiger charge is 2.29. The van der Waals surface area contributed by atoms with Crippen LogP contribution in [0, 0.1) is 0 Å². The molecule has 2 heterocycles. The van der Waals surface area contributed by atoms with Gasteiger partial charge in [0.25, 0.3) is 0 Å². The van der Waals surface area contributed by atoms with Crippen LogP contribution in [0.3, 0.4) is 0 Å². The lowest BCUT2D eigenvalue weighted by molar-refractivity contribution is -0.138. The Hall–Kier alpha value is -1.57. The summed E-state index contributed by atoms with van der Waals surface area (Å²) in [5, 5.41) is 1.46. The van der Waals surface area contributed by atoms with E-state index in [4.69, 9.17) is 39.5 Å². The molecule has 33 heavy (non-hydrogen) atoms. The van der Waals surface area contributed by atoms with Gasteiger partial charge in [0.05, 0.1) is 0 Å². The Bertz CT molecular complexity index is 1040. The number of cyclic esters (lactones) is 2. The van der Waals surface area contributed by atoms with Crippen LogP contribution in [0.5, 0.6) is 0 Å². The van der Waals surface area contributed by atoms with Crippen LogP contribution in [-0.4, -0.2) is 22.9 Å². The van der Waals surface area contributed by atoms with Crippen molar-refractivity contribution < 1.29 is 19.1 Å². The monoisotopic (exact) mass is 544 g/mol. The topological polar surface area (TPSA) is 52.6 Å². The van der Waals surface area contributed by atoms with Crippen molar-refractivity contribution in [2.75, 3.05) is 0 Å². The highest BCUT2D eigenvalue weighted by Crippen LogP contribution is 2.35. The zero-order chi connectivity index (χ0) is 24.7. The Morgan fingerprint density at radius 2 is 1.21 bits per heavy atom. The Morgan fingerprint density at radius 3 is 1.55 bits per heavy atom. The van der Waals surface area contributed by atoms with Crippen LogP contribution in [0.4, 0.5) is 0 Å². The van der Waals surface area contributed by atoms with Gasteiger partial charge in [0.1, 0.15) is 0 Å². The fourth-order valence-corrected chi connectivity index (χ4v) is 4.08. The summed E-state index contributed by atoms with van der Waals surface area (Å²) >= 11 is 22.5. The Labute approximate surface area is 218 Å². The number of ether oxygens (including phenoxy) is 2. The molecule has 9 heteroatoms. The lowest BCUT2D eigenvalue weighted by atomic mass is 10.2. The highest BCUT2D eigenvalue weighted by atomic mass is 35.5. The van der Waals surface area contributed by atoms with Crippen LogP contribution < -0.4 is 0 Å². The minimum atomic E-state index is -0.530. The minimum Gasteiger partial charge on any atom is -0.443 e.